The summed E-state index contributed by atoms with van der Waals surface area (Å²) in [5.74, 6) is 0.706. The zero-order valence-corrected chi connectivity index (χ0v) is 16.6. The second-order valence-corrected chi connectivity index (χ2v) is 7.32. The smallest absolute Gasteiger partial charge is 0.262 e. The van der Waals surface area contributed by atoms with Crippen molar-refractivity contribution in [3.8, 4) is 5.75 Å². The van der Waals surface area contributed by atoms with Gasteiger partial charge in [0.2, 0.25) is 5.91 Å². The maximum absolute atomic E-state index is 12.3. The molecule has 2 aromatic carbocycles. The van der Waals surface area contributed by atoms with E-state index in [1.54, 1.807) is 24.3 Å². The number of pyridine rings is 1. The van der Waals surface area contributed by atoms with E-state index in [0.29, 0.717) is 17.0 Å². The standard InChI is InChI=1S/C23H24N4O3/c24-23(29)17-7-10-18(11-8-17)25-21(28)15-30-19-6-4-5-16-9-12-20(26-22(16)19)27-13-2-1-3-14-27/h4-12H,1-3,13-15H2,(H2,24,29)(H,25,28). The fourth-order valence-corrected chi connectivity index (χ4v) is 3.58. The highest BCUT2D eigenvalue weighted by molar-refractivity contribution is 5.95. The molecule has 0 unspecified atom stereocenters. The predicted octanol–water partition coefficient (Wildman–Crippen LogP) is 3.34. The number of carbonyl (C=O) groups excluding carboxylic acids is 2. The number of hydrogen-bond acceptors (Lipinski definition) is 5. The minimum absolute atomic E-state index is 0.147. The van der Waals surface area contributed by atoms with E-state index in [4.69, 9.17) is 15.5 Å². The van der Waals surface area contributed by atoms with Crippen molar-refractivity contribution in [2.75, 3.05) is 29.9 Å². The fourth-order valence-electron chi connectivity index (χ4n) is 3.58. The second kappa shape index (κ2) is 8.82. The average molecular weight is 404 g/mol. The lowest BCUT2D eigenvalue weighted by Gasteiger charge is -2.28. The third-order valence-electron chi connectivity index (χ3n) is 5.16. The van der Waals surface area contributed by atoms with Gasteiger partial charge in [0.1, 0.15) is 17.1 Å². The third-order valence-corrected chi connectivity index (χ3v) is 5.16. The van der Waals surface area contributed by atoms with Crippen molar-refractivity contribution in [2.24, 2.45) is 5.73 Å². The summed E-state index contributed by atoms with van der Waals surface area (Å²) < 4.78 is 5.79. The number of nitrogens with one attached hydrogen (secondary N) is 1. The lowest BCUT2D eigenvalue weighted by Crippen LogP contribution is -2.30. The summed E-state index contributed by atoms with van der Waals surface area (Å²) in [5.41, 5.74) is 6.93. The van der Waals surface area contributed by atoms with Crippen molar-refractivity contribution >= 4 is 34.2 Å². The van der Waals surface area contributed by atoms with Crippen LogP contribution in [0.4, 0.5) is 11.5 Å². The van der Waals surface area contributed by atoms with Crippen LogP contribution in [0, 0.1) is 0 Å². The Kier molecular flexibility index (Phi) is 5.79. The van der Waals surface area contributed by atoms with Gasteiger partial charge in [0.15, 0.2) is 6.61 Å². The lowest BCUT2D eigenvalue weighted by molar-refractivity contribution is -0.118. The number of hydrogen-bond donors (Lipinski definition) is 2. The van der Waals surface area contributed by atoms with Crippen LogP contribution in [0.2, 0.25) is 0 Å². The van der Waals surface area contributed by atoms with Gasteiger partial charge >= 0.3 is 0 Å². The molecule has 7 nitrogen and oxygen atoms in total. The number of anilines is 2. The molecule has 0 atom stereocenters. The van der Waals surface area contributed by atoms with Gasteiger partial charge in [0.05, 0.1) is 0 Å². The van der Waals surface area contributed by atoms with E-state index in [9.17, 15) is 9.59 Å². The molecule has 3 N–H and O–H groups in total. The SMILES string of the molecule is NC(=O)c1ccc(NC(=O)COc2cccc3ccc(N4CCCCC4)nc23)cc1. The topological polar surface area (TPSA) is 97.5 Å². The van der Waals surface area contributed by atoms with Gasteiger partial charge in [-0.25, -0.2) is 4.98 Å². The number of carbonyl (C=O) groups is 2. The number of piperidine rings is 1. The summed E-state index contributed by atoms with van der Waals surface area (Å²) >= 11 is 0. The van der Waals surface area contributed by atoms with Gasteiger partial charge in [-0.2, -0.15) is 0 Å². The molecule has 0 spiro atoms. The lowest BCUT2D eigenvalue weighted by atomic mass is 10.1. The van der Waals surface area contributed by atoms with E-state index in [-0.39, 0.29) is 12.5 Å². The second-order valence-electron chi connectivity index (χ2n) is 7.32. The van der Waals surface area contributed by atoms with Gasteiger partial charge in [-0.15, -0.1) is 0 Å². The molecule has 0 bridgehead atoms. The Morgan fingerprint density at radius 2 is 1.77 bits per heavy atom. The minimum atomic E-state index is -0.511. The Morgan fingerprint density at radius 3 is 2.50 bits per heavy atom. The van der Waals surface area contributed by atoms with Crippen molar-refractivity contribution < 1.29 is 14.3 Å². The molecule has 1 aliphatic rings. The van der Waals surface area contributed by atoms with E-state index in [1.165, 1.54) is 19.3 Å². The number of benzene rings is 2. The zero-order chi connectivity index (χ0) is 20.9. The van der Waals surface area contributed by atoms with Gasteiger partial charge in [0.25, 0.3) is 5.91 Å². The van der Waals surface area contributed by atoms with Crippen molar-refractivity contribution in [3.63, 3.8) is 0 Å². The molecule has 1 saturated heterocycles. The molecule has 0 radical (unpaired) electrons. The molecular formula is C23H24N4O3. The average Bonchev–Trinajstić information content (AvgIpc) is 2.78. The summed E-state index contributed by atoms with van der Waals surface area (Å²) in [6.07, 6.45) is 3.62. The van der Waals surface area contributed by atoms with Crippen LogP contribution in [0.3, 0.4) is 0 Å². The number of amides is 2. The van der Waals surface area contributed by atoms with Gasteiger partial charge in [-0.3, -0.25) is 9.59 Å². The molecular weight excluding hydrogens is 380 g/mol. The molecule has 4 rings (SSSR count). The van der Waals surface area contributed by atoms with Crippen LogP contribution in [-0.2, 0) is 4.79 Å². The van der Waals surface area contributed by atoms with Crippen LogP contribution in [0.1, 0.15) is 29.6 Å². The first-order valence-electron chi connectivity index (χ1n) is 10.1. The maximum Gasteiger partial charge on any atom is 0.262 e. The van der Waals surface area contributed by atoms with Gasteiger partial charge in [-0.05, 0) is 61.7 Å². The van der Waals surface area contributed by atoms with E-state index in [0.717, 1.165) is 29.8 Å². The maximum atomic E-state index is 12.3. The highest BCUT2D eigenvalue weighted by atomic mass is 16.5. The molecule has 0 aliphatic carbocycles. The van der Waals surface area contributed by atoms with E-state index in [1.807, 2.05) is 30.3 Å². The van der Waals surface area contributed by atoms with Gasteiger partial charge in [0, 0.05) is 29.7 Å². The molecule has 1 fully saturated rings. The van der Waals surface area contributed by atoms with Gasteiger partial charge < -0.3 is 20.7 Å². The first kappa shape index (κ1) is 19.7. The molecule has 2 heterocycles. The summed E-state index contributed by atoms with van der Waals surface area (Å²) in [7, 11) is 0. The molecule has 154 valence electrons. The highest BCUT2D eigenvalue weighted by Crippen LogP contribution is 2.27. The summed E-state index contributed by atoms with van der Waals surface area (Å²) in [5, 5.41) is 3.71. The normalized spacial score (nSPS) is 13.8. The monoisotopic (exact) mass is 404 g/mol. The van der Waals surface area contributed by atoms with Crippen LogP contribution in [0.25, 0.3) is 10.9 Å². The molecule has 30 heavy (non-hydrogen) atoms. The quantitative estimate of drug-likeness (QED) is 0.657. The number of nitrogens with two attached hydrogens (primary N) is 1. The summed E-state index contributed by atoms with van der Waals surface area (Å²) in [6.45, 7) is 1.88. The number of para-hydroxylation sites is 1. The molecule has 1 aliphatic heterocycles. The number of primary amides is 1. The Balaban J connectivity index is 1.45. The Hall–Kier alpha value is -3.61. The van der Waals surface area contributed by atoms with Crippen LogP contribution in [-0.4, -0.2) is 36.5 Å². The third kappa shape index (κ3) is 4.51. The number of rotatable bonds is 6. The zero-order valence-electron chi connectivity index (χ0n) is 16.6. The van der Waals surface area contributed by atoms with Crippen LogP contribution in [0.5, 0.6) is 5.75 Å². The fraction of sp³-hybridized carbons (Fsp3) is 0.261. The van der Waals surface area contributed by atoms with Crippen molar-refractivity contribution in [1.29, 1.82) is 0 Å². The molecule has 2 amide bonds. The van der Waals surface area contributed by atoms with E-state index < -0.39 is 5.91 Å². The molecule has 7 heteroatoms. The highest BCUT2D eigenvalue weighted by Gasteiger charge is 2.14. The minimum Gasteiger partial charge on any atom is -0.481 e. The molecule has 3 aromatic rings. The summed E-state index contributed by atoms with van der Waals surface area (Å²) in [6, 6.07) is 16.2. The Labute approximate surface area is 174 Å². The van der Waals surface area contributed by atoms with Crippen LogP contribution in [0.15, 0.2) is 54.6 Å². The Morgan fingerprint density at radius 1 is 1.00 bits per heavy atom. The number of nitrogens with zero attached hydrogens (tertiary/aromatic N) is 2. The number of fused-ring (bicyclic) bond motifs is 1. The van der Waals surface area contributed by atoms with E-state index in [2.05, 4.69) is 10.2 Å². The number of aromatic nitrogens is 1. The number of ether oxygens (including phenoxy) is 1. The first-order valence-corrected chi connectivity index (χ1v) is 10.1. The first-order chi connectivity index (χ1) is 14.6. The van der Waals surface area contributed by atoms with Crippen molar-refractivity contribution in [3.05, 3.63) is 60.2 Å². The Bertz CT molecular complexity index is 1060. The van der Waals surface area contributed by atoms with Crippen molar-refractivity contribution in [2.45, 2.75) is 19.3 Å². The summed E-state index contributed by atoms with van der Waals surface area (Å²) in [4.78, 5) is 30.5. The van der Waals surface area contributed by atoms with Crippen molar-refractivity contribution in [1.82, 2.24) is 4.98 Å². The predicted molar refractivity (Wildman–Crippen MR) is 117 cm³/mol. The van der Waals surface area contributed by atoms with Gasteiger partial charge in [-0.1, -0.05) is 12.1 Å². The van der Waals surface area contributed by atoms with Crippen LogP contribution >= 0.6 is 0 Å². The molecule has 0 saturated carbocycles. The largest absolute Gasteiger partial charge is 0.481 e. The molecule has 1 aromatic heterocycles. The van der Waals surface area contributed by atoms with E-state index >= 15 is 0 Å². The van der Waals surface area contributed by atoms with Crippen LogP contribution < -0.4 is 20.7 Å².